The van der Waals surface area contributed by atoms with Crippen molar-refractivity contribution in [3.05, 3.63) is 34.9 Å². The van der Waals surface area contributed by atoms with E-state index in [-0.39, 0.29) is 11.6 Å². The Morgan fingerprint density at radius 1 is 1.22 bits per heavy atom. The van der Waals surface area contributed by atoms with Crippen LogP contribution in [0.2, 0.25) is 0 Å². The van der Waals surface area contributed by atoms with Gasteiger partial charge in [-0.05, 0) is 56.7 Å². The summed E-state index contributed by atoms with van der Waals surface area (Å²) >= 11 is 0. The lowest BCUT2D eigenvalue weighted by Gasteiger charge is -2.20. The van der Waals surface area contributed by atoms with E-state index in [4.69, 9.17) is 0 Å². The maximum absolute atomic E-state index is 11.6. The second-order valence-corrected chi connectivity index (χ2v) is 6.01. The van der Waals surface area contributed by atoms with E-state index in [0.29, 0.717) is 6.54 Å². The Balaban J connectivity index is 1.89. The zero-order valence-corrected chi connectivity index (χ0v) is 11.5. The fourth-order valence-electron chi connectivity index (χ4n) is 2.30. The summed E-state index contributed by atoms with van der Waals surface area (Å²) in [6, 6.07) is 6.42. The van der Waals surface area contributed by atoms with E-state index in [2.05, 4.69) is 28.8 Å². The molecule has 98 valence electrons. The third-order valence-corrected chi connectivity index (χ3v) is 3.10. The smallest absolute Gasteiger partial charge is 0.315 e. The number of nitrogens with one attached hydrogen (secondary N) is 2. The number of hydrogen-bond donors (Lipinski definition) is 2. The van der Waals surface area contributed by atoms with Crippen LogP contribution < -0.4 is 10.6 Å². The van der Waals surface area contributed by atoms with Gasteiger partial charge in [0, 0.05) is 12.1 Å². The highest BCUT2D eigenvalue weighted by Gasteiger charge is 2.14. The maximum atomic E-state index is 11.6. The Morgan fingerprint density at radius 3 is 2.67 bits per heavy atom. The second kappa shape index (κ2) is 5.01. The van der Waals surface area contributed by atoms with E-state index < -0.39 is 0 Å². The summed E-state index contributed by atoms with van der Waals surface area (Å²) in [6.45, 7) is 6.52. The normalized spacial score (nSPS) is 14.2. The number of benzene rings is 1. The predicted octanol–water partition coefficient (Wildman–Crippen LogP) is 2.77. The van der Waals surface area contributed by atoms with Gasteiger partial charge in [0.15, 0.2) is 0 Å². The maximum Gasteiger partial charge on any atom is 0.315 e. The number of rotatable bonds is 2. The van der Waals surface area contributed by atoms with Crippen molar-refractivity contribution < 1.29 is 4.79 Å². The lowest BCUT2D eigenvalue weighted by molar-refractivity contribution is 0.231. The van der Waals surface area contributed by atoms with Gasteiger partial charge in [0.05, 0.1) is 0 Å². The van der Waals surface area contributed by atoms with Crippen molar-refractivity contribution in [2.45, 2.75) is 52.1 Å². The second-order valence-electron chi connectivity index (χ2n) is 6.01. The Morgan fingerprint density at radius 2 is 1.94 bits per heavy atom. The van der Waals surface area contributed by atoms with Crippen molar-refractivity contribution in [2.75, 3.05) is 0 Å². The molecule has 0 aromatic heterocycles. The Bertz CT molecular complexity index is 446. The molecule has 0 saturated carbocycles. The number of urea groups is 1. The molecule has 0 bridgehead atoms. The highest BCUT2D eigenvalue weighted by molar-refractivity contribution is 5.74. The van der Waals surface area contributed by atoms with Crippen LogP contribution in [0.15, 0.2) is 18.2 Å². The summed E-state index contributed by atoms with van der Waals surface area (Å²) < 4.78 is 0. The number of hydrogen-bond acceptors (Lipinski definition) is 1. The van der Waals surface area contributed by atoms with Crippen molar-refractivity contribution in [1.29, 1.82) is 0 Å². The summed E-state index contributed by atoms with van der Waals surface area (Å²) in [5.41, 5.74) is 3.91. The summed E-state index contributed by atoms with van der Waals surface area (Å²) in [5.74, 6) is 0. The molecule has 0 heterocycles. The first-order chi connectivity index (χ1) is 8.44. The van der Waals surface area contributed by atoms with Gasteiger partial charge in [-0.15, -0.1) is 0 Å². The number of carbonyl (C=O) groups is 1. The van der Waals surface area contributed by atoms with Gasteiger partial charge in [0.1, 0.15) is 0 Å². The number of amides is 2. The molecule has 0 atom stereocenters. The van der Waals surface area contributed by atoms with Gasteiger partial charge in [0.25, 0.3) is 0 Å². The standard InChI is InChI=1S/C15H22N2O/c1-15(2,3)17-14(18)16-10-11-7-8-12-5-4-6-13(12)9-11/h7-9H,4-6,10H2,1-3H3,(H2,16,17,18). The van der Waals surface area contributed by atoms with Crippen LogP contribution in [0.4, 0.5) is 4.79 Å². The average Bonchev–Trinajstić information content (AvgIpc) is 2.71. The first kappa shape index (κ1) is 12.9. The first-order valence-corrected chi connectivity index (χ1v) is 6.61. The molecule has 2 amide bonds. The largest absolute Gasteiger partial charge is 0.334 e. The summed E-state index contributed by atoms with van der Waals surface area (Å²) in [6.07, 6.45) is 3.64. The number of aryl methyl sites for hydroxylation is 2. The highest BCUT2D eigenvalue weighted by atomic mass is 16.2. The van der Waals surface area contributed by atoms with Gasteiger partial charge in [0.2, 0.25) is 0 Å². The zero-order valence-electron chi connectivity index (χ0n) is 11.5. The SMILES string of the molecule is CC(C)(C)NC(=O)NCc1ccc2c(c1)CCC2. The molecule has 0 spiro atoms. The van der Waals surface area contributed by atoms with E-state index in [0.717, 1.165) is 0 Å². The molecule has 0 radical (unpaired) electrons. The Kier molecular flexibility index (Phi) is 3.60. The molecule has 18 heavy (non-hydrogen) atoms. The first-order valence-electron chi connectivity index (χ1n) is 6.61. The molecule has 0 unspecified atom stereocenters. The van der Waals surface area contributed by atoms with Crippen molar-refractivity contribution in [3.8, 4) is 0 Å². The summed E-state index contributed by atoms with van der Waals surface area (Å²) in [7, 11) is 0. The van der Waals surface area contributed by atoms with E-state index in [1.54, 1.807) is 0 Å². The number of fused-ring (bicyclic) bond motifs is 1. The van der Waals surface area contributed by atoms with Crippen LogP contribution in [0, 0.1) is 0 Å². The molecular formula is C15H22N2O. The van der Waals surface area contributed by atoms with Crippen LogP contribution in [0.3, 0.4) is 0 Å². The minimum Gasteiger partial charge on any atom is -0.334 e. The van der Waals surface area contributed by atoms with E-state index in [1.807, 2.05) is 20.8 Å². The van der Waals surface area contributed by atoms with Crippen molar-refractivity contribution in [3.63, 3.8) is 0 Å². The summed E-state index contributed by atoms with van der Waals surface area (Å²) in [5, 5.41) is 5.79. The molecule has 3 heteroatoms. The molecule has 3 nitrogen and oxygen atoms in total. The minimum atomic E-state index is -0.192. The molecule has 0 saturated heterocycles. The van der Waals surface area contributed by atoms with E-state index in [1.165, 1.54) is 36.0 Å². The van der Waals surface area contributed by atoms with Crippen LogP contribution in [0.5, 0.6) is 0 Å². The molecule has 0 aliphatic heterocycles. The third-order valence-electron chi connectivity index (χ3n) is 3.10. The minimum absolute atomic E-state index is 0.108. The van der Waals surface area contributed by atoms with Gasteiger partial charge in [-0.2, -0.15) is 0 Å². The van der Waals surface area contributed by atoms with Crippen molar-refractivity contribution in [1.82, 2.24) is 10.6 Å². The molecule has 2 N–H and O–H groups in total. The van der Waals surface area contributed by atoms with Crippen molar-refractivity contribution >= 4 is 6.03 Å². The van der Waals surface area contributed by atoms with Crippen LogP contribution in [0.25, 0.3) is 0 Å². The molecule has 1 aromatic carbocycles. The van der Waals surface area contributed by atoms with Crippen LogP contribution in [0.1, 0.15) is 43.9 Å². The van der Waals surface area contributed by atoms with Gasteiger partial charge < -0.3 is 10.6 Å². The van der Waals surface area contributed by atoms with Gasteiger partial charge in [-0.3, -0.25) is 0 Å². The topological polar surface area (TPSA) is 41.1 Å². The van der Waals surface area contributed by atoms with Crippen molar-refractivity contribution in [2.24, 2.45) is 0 Å². The lowest BCUT2D eigenvalue weighted by atomic mass is 10.1. The fourth-order valence-corrected chi connectivity index (χ4v) is 2.30. The molecule has 1 aliphatic rings. The van der Waals surface area contributed by atoms with Gasteiger partial charge in [-0.1, -0.05) is 18.2 Å². The molecule has 0 fully saturated rings. The quantitative estimate of drug-likeness (QED) is 0.827. The summed E-state index contributed by atoms with van der Waals surface area (Å²) in [4.78, 5) is 11.6. The third kappa shape index (κ3) is 3.49. The Labute approximate surface area is 109 Å². The van der Waals surface area contributed by atoms with Crippen LogP contribution in [-0.2, 0) is 19.4 Å². The van der Waals surface area contributed by atoms with E-state index in [9.17, 15) is 4.79 Å². The monoisotopic (exact) mass is 246 g/mol. The van der Waals surface area contributed by atoms with Gasteiger partial charge in [-0.25, -0.2) is 4.79 Å². The predicted molar refractivity (Wildman–Crippen MR) is 73.6 cm³/mol. The number of carbonyl (C=O) groups excluding carboxylic acids is 1. The van der Waals surface area contributed by atoms with E-state index >= 15 is 0 Å². The lowest BCUT2D eigenvalue weighted by Crippen LogP contribution is -2.46. The average molecular weight is 246 g/mol. The Hall–Kier alpha value is -1.51. The highest BCUT2D eigenvalue weighted by Crippen LogP contribution is 2.22. The molecule has 1 aromatic rings. The van der Waals surface area contributed by atoms with Crippen LogP contribution in [-0.4, -0.2) is 11.6 Å². The van der Waals surface area contributed by atoms with Gasteiger partial charge >= 0.3 is 6.03 Å². The molecule has 1 aliphatic carbocycles. The fraction of sp³-hybridized carbons (Fsp3) is 0.533. The molecular weight excluding hydrogens is 224 g/mol. The molecule has 2 rings (SSSR count). The van der Waals surface area contributed by atoms with Crippen LogP contribution >= 0.6 is 0 Å². The zero-order chi connectivity index (χ0) is 13.2.